The molecule has 10 aromatic rings. The van der Waals surface area contributed by atoms with Gasteiger partial charge in [0, 0.05) is 32.1 Å². The van der Waals surface area contributed by atoms with E-state index in [-0.39, 0.29) is 0 Å². The van der Waals surface area contributed by atoms with E-state index in [1.54, 1.807) is 0 Å². The van der Waals surface area contributed by atoms with E-state index in [0.717, 1.165) is 22.4 Å². The Hall–Kier alpha value is -6.73. The first kappa shape index (κ1) is 31.6. The number of nitrogens with zero attached hydrogens (tertiary/aromatic N) is 4. The molecular formula is C50H30N4S2. The topological polar surface area (TPSA) is 41.9 Å². The van der Waals surface area contributed by atoms with Crippen molar-refractivity contribution in [3.8, 4) is 43.9 Å². The summed E-state index contributed by atoms with van der Waals surface area (Å²) in [6, 6.07) is 61.0. The molecule has 262 valence electrons. The molecule has 0 bridgehead atoms. The number of anilines is 3. The van der Waals surface area contributed by atoms with Crippen molar-refractivity contribution in [1.82, 2.24) is 15.0 Å². The summed E-state index contributed by atoms with van der Waals surface area (Å²) in [7, 11) is 0. The summed E-state index contributed by atoms with van der Waals surface area (Å²) >= 11 is 3.71. The molecular weight excluding hydrogens is 721 g/mol. The standard InChI is InChI=1S/C50H30N4S2/c1-3-12-31(13-4-1)47-51-48(32-14-5-2-6-15-32)53-49(52-47)37-20-11-21-38(26-37)54-43-29-35-18-9-7-16-33(35)27-41(43)50(39-22-24-55-45(39)46-40(50)23-25-56-46)42-28-34-17-8-10-19-36(34)30-44(42)54/h1-30H. The summed E-state index contributed by atoms with van der Waals surface area (Å²) in [6.45, 7) is 0. The lowest BCUT2D eigenvalue weighted by Gasteiger charge is -2.45. The van der Waals surface area contributed by atoms with Crippen LogP contribution < -0.4 is 4.90 Å². The molecule has 1 spiro atoms. The van der Waals surface area contributed by atoms with Gasteiger partial charge in [-0.25, -0.2) is 15.0 Å². The molecule has 0 fully saturated rings. The fraction of sp³-hybridized carbons (Fsp3) is 0.0200. The van der Waals surface area contributed by atoms with Gasteiger partial charge in [-0.15, -0.1) is 22.7 Å². The molecule has 0 atom stereocenters. The van der Waals surface area contributed by atoms with Gasteiger partial charge in [-0.3, -0.25) is 0 Å². The van der Waals surface area contributed by atoms with Gasteiger partial charge in [-0.05, 0) is 103 Å². The molecule has 6 heteroatoms. The smallest absolute Gasteiger partial charge is 0.164 e. The highest BCUT2D eigenvalue weighted by Crippen LogP contribution is 2.66. The lowest BCUT2D eigenvalue weighted by molar-refractivity contribution is 0.759. The van der Waals surface area contributed by atoms with Crippen molar-refractivity contribution >= 4 is 61.3 Å². The summed E-state index contributed by atoms with van der Waals surface area (Å²) < 4.78 is 0. The first-order valence-corrected chi connectivity index (χ1v) is 20.5. The van der Waals surface area contributed by atoms with Crippen molar-refractivity contribution in [2.45, 2.75) is 5.41 Å². The maximum absolute atomic E-state index is 5.11. The fourth-order valence-electron chi connectivity index (χ4n) is 8.99. The fourth-order valence-corrected chi connectivity index (χ4v) is 11.1. The zero-order valence-electron chi connectivity index (χ0n) is 29.9. The molecule has 1 aliphatic heterocycles. The van der Waals surface area contributed by atoms with Gasteiger partial charge in [0.05, 0.1) is 16.8 Å². The monoisotopic (exact) mass is 750 g/mol. The lowest BCUT2D eigenvalue weighted by atomic mass is 9.64. The van der Waals surface area contributed by atoms with Gasteiger partial charge < -0.3 is 4.90 Å². The van der Waals surface area contributed by atoms with Crippen LogP contribution in [0.15, 0.2) is 181 Å². The molecule has 3 aromatic heterocycles. The maximum atomic E-state index is 5.11. The maximum Gasteiger partial charge on any atom is 0.164 e. The molecule has 1 aliphatic carbocycles. The van der Waals surface area contributed by atoms with Crippen LogP contribution in [0.1, 0.15) is 22.3 Å². The second-order valence-corrected chi connectivity index (χ2v) is 16.3. The minimum absolute atomic E-state index is 0.471. The van der Waals surface area contributed by atoms with Crippen molar-refractivity contribution in [3.63, 3.8) is 0 Å². The van der Waals surface area contributed by atoms with E-state index < -0.39 is 5.41 Å². The van der Waals surface area contributed by atoms with E-state index in [4.69, 9.17) is 15.0 Å². The van der Waals surface area contributed by atoms with Crippen LogP contribution in [-0.2, 0) is 5.41 Å². The quantitative estimate of drug-likeness (QED) is 0.180. The average Bonchev–Trinajstić information content (AvgIpc) is 4.00. The Morgan fingerprint density at radius 3 is 1.30 bits per heavy atom. The SMILES string of the molecule is c1ccc(-c2nc(-c3ccccc3)nc(-c3cccc(N4c5cc6ccccc6cc5C5(c6cc7ccccc7cc64)c4ccsc4-c4sccc45)c3)n2)cc1. The van der Waals surface area contributed by atoms with Gasteiger partial charge in [0.2, 0.25) is 0 Å². The van der Waals surface area contributed by atoms with Crippen molar-refractivity contribution in [2.75, 3.05) is 4.90 Å². The largest absolute Gasteiger partial charge is 0.310 e. The minimum Gasteiger partial charge on any atom is -0.310 e. The Balaban J connectivity index is 1.14. The van der Waals surface area contributed by atoms with E-state index in [1.165, 1.54) is 64.9 Å². The van der Waals surface area contributed by atoms with Crippen LogP contribution in [0.5, 0.6) is 0 Å². The summed E-state index contributed by atoms with van der Waals surface area (Å²) in [6.07, 6.45) is 0. The van der Waals surface area contributed by atoms with Gasteiger partial charge in [0.15, 0.2) is 17.5 Å². The Labute approximate surface area is 331 Å². The highest BCUT2D eigenvalue weighted by molar-refractivity contribution is 7.21. The molecule has 0 radical (unpaired) electrons. The predicted molar refractivity (Wildman–Crippen MR) is 232 cm³/mol. The third-order valence-electron chi connectivity index (χ3n) is 11.4. The zero-order valence-corrected chi connectivity index (χ0v) is 31.6. The van der Waals surface area contributed by atoms with Crippen LogP contribution in [0.4, 0.5) is 17.1 Å². The summed E-state index contributed by atoms with van der Waals surface area (Å²) in [5.74, 6) is 1.92. The molecule has 0 saturated carbocycles. The molecule has 56 heavy (non-hydrogen) atoms. The number of rotatable bonds is 4. The highest BCUT2D eigenvalue weighted by atomic mass is 32.1. The summed E-state index contributed by atoms with van der Waals surface area (Å²) in [4.78, 5) is 20.4. The number of fused-ring (bicyclic) bond motifs is 11. The van der Waals surface area contributed by atoms with E-state index in [9.17, 15) is 0 Å². The molecule has 0 unspecified atom stereocenters. The number of benzene rings is 7. The van der Waals surface area contributed by atoms with E-state index >= 15 is 0 Å². The van der Waals surface area contributed by atoms with E-state index in [2.05, 4.69) is 149 Å². The normalized spacial score (nSPS) is 13.5. The lowest BCUT2D eigenvalue weighted by Crippen LogP contribution is -2.36. The number of hydrogen-bond donors (Lipinski definition) is 0. The molecule has 12 rings (SSSR count). The molecule has 0 N–H and O–H groups in total. The first-order valence-electron chi connectivity index (χ1n) is 18.7. The van der Waals surface area contributed by atoms with Crippen molar-refractivity contribution in [3.05, 3.63) is 203 Å². The van der Waals surface area contributed by atoms with Gasteiger partial charge in [0.1, 0.15) is 0 Å². The molecule has 7 aromatic carbocycles. The van der Waals surface area contributed by atoms with Gasteiger partial charge in [-0.1, -0.05) is 121 Å². The van der Waals surface area contributed by atoms with Crippen molar-refractivity contribution < 1.29 is 0 Å². The number of aromatic nitrogens is 3. The third kappa shape index (κ3) is 4.54. The molecule has 2 aliphatic rings. The second-order valence-electron chi connectivity index (χ2n) is 14.4. The van der Waals surface area contributed by atoms with Crippen LogP contribution in [0.2, 0.25) is 0 Å². The number of hydrogen-bond acceptors (Lipinski definition) is 6. The Bertz CT molecular complexity index is 2980. The van der Waals surface area contributed by atoms with Crippen LogP contribution in [0, 0.1) is 0 Å². The zero-order chi connectivity index (χ0) is 36.8. The molecule has 4 nitrogen and oxygen atoms in total. The molecule has 4 heterocycles. The predicted octanol–water partition coefficient (Wildman–Crippen LogP) is 13.4. The van der Waals surface area contributed by atoms with Crippen LogP contribution >= 0.6 is 22.7 Å². The van der Waals surface area contributed by atoms with Gasteiger partial charge >= 0.3 is 0 Å². The number of thiophene rings is 2. The molecule has 0 amide bonds. The van der Waals surface area contributed by atoms with E-state index in [0.29, 0.717) is 17.5 Å². The van der Waals surface area contributed by atoms with Gasteiger partial charge in [0.25, 0.3) is 0 Å². The second kappa shape index (κ2) is 12.1. The summed E-state index contributed by atoms with van der Waals surface area (Å²) in [5, 5.41) is 9.42. The van der Waals surface area contributed by atoms with Crippen molar-refractivity contribution in [2.24, 2.45) is 0 Å². The van der Waals surface area contributed by atoms with Gasteiger partial charge in [-0.2, -0.15) is 0 Å². The van der Waals surface area contributed by atoms with Crippen molar-refractivity contribution in [1.29, 1.82) is 0 Å². The Kier molecular flexibility index (Phi) is 6.85. The Morgan fingerprint density at radius 2 is 0.804 bits per heavy atom. The van der Waals surface area contributed by atoms with E-state index in [1.807, 2.05) is 59.1 Å². The summed E-state index contributed by atoms with van der Waals surface area (Å²) in [5.41, 5.74) is 11.1. The highest BCUT2D eigenvalue weighted by Gasteiger charge is 2.53. The average molecular weight is 751 g/mol. The van der Waals surface area contributed by atoms with Crippen LogP contribution in [0.3, 0.4) is 0 Å². The minimum atomic E-state index is -0.471. The Morgan fingerprint density at radius 1 is 0.375 bits per heavy atom. The first-order chi connectivity index (χ1) is 27.7. The third-order valence-corrected chi connectivity index (χ3v) is 13.4. The van der Waals surface area contributed by atoms with Crippen LogP contribution in [0.25, 0.3) is 65.5 Å². The van der Waals surface area contributed by atoms with Crippen LogP contribution in [-0.4, -0.2) is 15.0 Å². The molecule has 0 saturated heterocycles.